The Morgan fingerprint density at radius 2 is 1.80 bits per heavy atom. The molecule has 0 bridgehead atoms. The Morgan fingerprint density at radius 3 is 2.53 bits per heavy atom. The highest BCUT2D eigenvalue weighted by Crippen LogP contribution is 2.33. The molecule has 4 rings (SSSR count). The van der Waals surface area contributed by atoms with Crippen molar-refractivity contribution >= 4 is 23.3 Å². The van der Waals surface area contributed by atoms with Crippen molar-refractivity contribution in [3.8, 4) is 0 Å². The average molecular weight is 421 g/mol. The van der Waals surface area contributed by atoms with Crippen LogP contribution >= 0.6 is 11.8 Å². The van der Waals surface area contributed by atoms with Gasteiger partial charge >= 0.3 is 0 Å². The Bertz CT molecular complexity index is 1000. The largest absolute Gasteiger partial charge is 0.378 e. The molecule has 0 fully saturated rings. The van der Waals surface area contributed by atoms with Gasteiger partial charge in [0.15, 0.2) is 5.16 Å². The van der Waals surface area contributed by atoms with E-state index in [1.165, 1.54) is 11.1 Å². The molecule has 2 aromatic heterocycles. The summed E-state index contributed by atoms with van der Waals surface area (Å²) in [5, 5.41) is 4.53. The molecule has 7 heteroatoms. The third-order valence-electron chi connectivity index (χ3n) is 5.26. The summed E-state index contributed by atoms with van der Waals surface area (Å²) < 4.78 is 0. The second-order valence-corrected chi connectivity index (χ2v) is 8.82. The van der Waals surface area contributed by atoms with Crippen LogP contribution in [0.1, 0.15) is 47.2 Å². The average Bonchev–Trinajstić information content (AvgIpc) is 2.86. The molecule has 1 aliphatic rings. The second kappa shape index (κ2) is 9.00. The monoisotopic (exact) mass is 420 g/mol. The van der Waals surface area contributed by atoms with E-state index in [0.29, 0.717) is 0 Å². The van der Waals surface area contributed by atoms with E-state index < -0.39 is 0 Å². The molecule has 1 atom stereocenters. The smallest absolute Gasteiger partial charge is 0.188 e. The van der Waals surface area contributed by atoms with E-state index in [0.717, 1.165) is 59.0 Å². The third kappa shape index (κ3) is 4.90. The molecule has 0 saturated carbocycles. The molecule has 0 radical (unpaired) electrons. The van der Waals surface area contributed by atoms with Gasteiger partial charge in [-0.15, -0.1) is 0 Å². The number of rotatable bonds is 5. The first kappa shape index (κ1) is 20.6. The van der Waals surface area contributed by atoms with Crippen LogP contribution in [0.2, 0.25) is 0 Å². The van der Waals surface area contributed by atoms with Crippen molar-refractivity contribution in [3.63, 3.8) is 0 Å². The van der Waals surface area contributed by atoms with Crippen molar-refractivity contribution in [2.24, 2.45) is 0 Å². The normalized spacial score (nSPS) is 16.1. The first-order valence-electron chi connectivity index (χ1n) is 10.3. The molecule has 3 heterocycles. The van der Waals surface area contributed by atoms with Crippen LogP contribution in [0.3, 0.4) is 0 Å². The number of nitrogens with one attached hydrogen (secondary N) is 1. The summed E-state index contributed by atoms with van der Waals surface area (Å²) in [4.78, 5) is 20.4. The molecule has 1 unspecified atom stereocenters. The summed E-state index contributed by atoms with van der Waals surface area (Å²) in [7, 11) is 2.11. The minimum Gasteiger partial charge on any atom is -0.378 e. The highest BCUT2D eigenvalue weighted by atomic mass is 32.2. The van der Waals surface area contributed by atoms with Crippen LogP contribution in [-0.4, -0.2) is 33.5 Å². The number of benzene rings is 1. The van der Waals surface area contributed by atoms with Gasteiger partial charge in [0.05, 0.1) is 6.04 Å². The first-order valence-corrected chi connectivity index (χ1v) is 11.3. The number of nitrogens with zero attached hydrogens (tertiary/aromatic N) is 5. The minimum atomic E-state index is 0.217. The Labute approximate surface area is 182 Å². The number of aromatic nitrogens is 4. The highest BCUT2D eigenvalue weighted by Gasteiger charge is 2.23. The molecular formula is C23H28N6S. The van der Waals surface area contributed by atoms with Crippen LogP contribution < -0.4 is 10.2 Å². The fourth-order valence-electron chi connectivity index (χ4n) is 3.77. The summed E-state index contributed by atoms with van der Waals surface area (Å²) in [5.41, 5.74) is 5.57. The van der Waals surface area contributed by atoms with Crippen molar-refractivity contribution in [2.75, 3.05) is 23.8 Å². The predicted octanol–water partition coefficient (Wildman–Crippen LogP) is 4.87. The van der Waals surface area contributed by atoms with E-state index in [-0.39, 0.29) is 6.04 Å². The summed E-state index contributed by atoms with van der Waals surface area (Å²) in [6.45, 7) is 6.98. The standard InChI is InChI=1S/C23H28N6S/c1-15-12-16(2)26-23(25-15)30-14-18-7-9-19(10-8-18)28-21-6-5-11-29(4)22-20(21)13-24-17(3)27-22/h7-10,12-13,21,28H,5-6,11,14H2,1-4H3. The van der Waals surface area contributed by atoms with Gasteiger partial charge in [0.2, 0.25) is 0 Å². The van der Waals surface area contributed by atoms with Crippen LogP contribution in [0.5, 0.6) is 0 Å². The van der Waals surface area contributed by atoms with Crippen LogP contribution in [0.15, 0.2) is 41.7 Å². The van der Waals surface area contributed by atoms with Crippen molar-refractivity contribution in [2.45, 2.75) is 50.6 Å². The van der Waals surface area contributed by atoms with E-state index in [1.54, 1.807) is 11.8 Å². The maximum Gasteiger partial charge on any atom is 0.188 e. The van der Waals surface area contributed by atoms with Gasteiger partial charge in [-0.1, -0.05) is 23.9 Å². The van der Waals surface area contributed by atoms with Gasteiger partial charge in [-0.3, -0.25) is 0 Å². The third-order valence-corrected chi connectivity index (χ3v) is 6.18. The van der Waals surface area contributed by atoms with Crippen molar-refractivity contribution in [1.29, 1.82) is 0 Å². The Balaban J connectivity index is 1.44. The maximum absolute atomic E-state index is 4.69. The van der Waals surface area contributed by atoms with Gasteiger partial charge in [-0.25, -0.2) is 19.9 Å². The zero-order valence-corrected chi connectivity index (χ0v) is 18.8. The fraction of sp³-hybridized carbons (Fsp3) is 0.391. The van der Waals surface area contributed by atoms with Gasteiger partial charge < -0.3 is 10.2 Å². The van der Waals surface area contributed by atoms with Crippen molar-refractivity contribution < 1.29 is 0 Å². The van der Waals surface area contributed by atoms with E-state index in [4.69, 9.17) is 0 Å². The lowest BCUT2D eigenvalue weighted by atomic mass is 10.0. The summed E-state index contributed by atoms with van der Waals surface area (Å²) in [6, 6.07) is 10.9. The Hall–Kier alpha value is -2.67. The van der Waals surface area contributed by atoms with Crippen molar-refractivity contribution in [1.82, 2.24) is 19.9 Å². The number of thioether (sulfide) groups is 1. The Morgan fingerprint density at radius 1 is 1.07 bits per heavy atom. The molecule has 156 valence electrons. The lowest BCUT2D eigenvalue weighted by Crippen LogP contribution is -2.20. The van der Waals surface area contributed by atoms with Crippen LogP contribution in [0, 0.1) is 20.8 Å². The zero-order valence-electron chi connectivity index (χ0n) is 18.0. The van der Waals surface area contributed by atoms with Gasteiger partial charge in [0.25, 0.3) is 0 Å². The van der Waals surface area contributed by atoms with Crippen LogP contribution in [0.25, 0.3) is 0 Å². The van der Waals surface area contributed by atoms with Crippen LogP contribution in [0.4, 0.5) is 11.5 Å². The minimum absolute atomic E-state index is 0.217. The summed E-state index contributed by atoms with van der Waals surface area (Å²) >= 11 is 1.67. The molecule has 1 aliphatic heterocycles. The quantitative estimate of drug-likeness (QED) is 0.467. The topological polar surface area (TPSA) is 66.8 Å². The van der Waals surface area contributed by atoms with Gasteiger partial charge in [-0.05, 0) is 57.4 Å². The number of aryl methyl sites for hydroxylation is 3. The van der Waals surface area contributed by atoms with E-state index in [1.807, 2.05) is 33.0 Å². The van der Waals surface area contributed by atoms with E-state index in [9.17, 15) is 0 Å². The molecule has 0 aliphatic carbocycles. The summed E-state index contributed by atoms with van der Waals surface area (Å²) in [5.74, 6) is 2.71. The highest BCUT2D eigenvalue weighted by molar-refractivity contribution is 7.98. The molecule has 30 heavy (non-hydrogen) atoms. The predicted molar refractivity (Wildman–Crippen MR) is 123 cm³/mol. The molecule has 3 aromatic rings. The lowest BCUT2D eigenvalue weighted by molar-refractivity contribution is 0.666. The molecule has 1 aromatic carbocycles. The van der Waals surface area contributed by atoms with Gasteiger partial charge in [0, 0.05) is 48.2 Å². The number of hydrogen-bond acceptors (Lipinski definition) is 7. The van der Waals surface area contributed by atoms with Gasteiger partial charge in [-0.2, -0.15) is 0 Å². The maximum atomic E-state index is 4.69. The van der Waals surface area contributed by atoms with E-state index >= 15 is 0 Å². The van der Waals surface area contributed by atoms with Gasteiger partial charge in [0.1, 0.15) is 11.6 Å². The number of fused-ring (bicyclic) bond motifs is 1. The number of hydrogen-bond donors (Lipinski definition) is 1. The first-order chi connectivity index (χ1) is 14.5. The molecular weight excluding hydrogens is 392 g/mol. The molecule has 0 amide bonds. The molecule has 0 spiro atoms. The fourth-order valence-corrected chi connectivity index (χ4v) is 4.67. The lowest BCUT2D eigenvalue weighted by Gasteiger charge is -2.22. The molecule has 1 N–H and O–H groups in total. The second-order valence-electron chi connectivity index (χ2n) is 7.88. The zero-order chi connectivity index (χ0) is 21.1. The number of anilines is 2. The summed E-state index contributed by atoms with van der Waals surface area (Å²) in [6.07, 6.45) is 4.16. The SMILES string of the molecule is Cc1cc(C)nc(SCc2ccc(NC3CCCN(C)c4nc(C)ncc43)cc2)n1. The van der Waals surface area contributed by atoms with E-state index in [2.05, 4.69) is 61.5 Å². The molecule has 0 saturated heterocycles. The van der Waals surface area contributed by atoms with Crippen LogP contribution in [-0.2, 0) is 5.75 Å². The molecule has 6 nitrogen and oxygen atoms in total. The van der Waals surface area contributed by atoms with Crippen molar-refractivity contribution in [3.05, 3.63) is 64.9 Å². The Kier molecular flexibility index (Phi) is 6.18.